The number of carboxylic acids is 1. The summed E-state index contributed by atoms with van der Waals surface area (Å²) in [6.07, 6.45) is 8.50. The van der Waals surface area contributed by atoms with Crippen LogP contribution in [0.5, 0.6) is 0 Å². The fraction of sp³-hybridized carbons (Fsp3) is 0.524. The van der Waals surface area contributed by atoms with E-state index >= 15 is 0 Å². The number of benzene rings is 1. The lowest BCUT2D eigenvalue weighted by atomic mass is 10.1. The van der Waals surface area contributed by atoms with Crippen molar-refractivity contribution in [2.75, 3.05) is 6.54 Å². The number of aliphatic hydroxyl groups excluding tert-OH is 1. The zero-order valence-electron chi connectivity index (χ0n) is 15.8. The minimum atomic E-state index is -0.913. The van der Waals surface area contributed by atoms with Crippen LogP contribution in [0, 0.1) is 11.6 Å². The van der Waals surface area contributed by atoms with Crippen molar-refractivity contribution >= 4 is 23.2 Å². The van der Waals surface area contributed by atoms with Gasteiger partial charge in [-0.1, -0.05) is 43.3 Å². The Kier molecular flexibility index (Phi) is 8.99. The van der Waals surface area contributed by atoms with Crippen LogP contribution in [0.15, 0.2) is 30.4 Å². The summed E-state index contributed by atoms with van der Waals surface area (Å²) in [6.45, 7) is 0.820. The smallest absolute Gasteiger partial charge is 0.303 e. The number of hydrogen-bond donors (Lipinski definition) is 2. The highest BCUT2D eigenvalue weighted by atomic mass is 32.1. The number of aliphatic carboxylic acids is 1. The van der Waals surface area contributed by atoms with Crippen LogP contribution in [0.1, 0.15) is 50.5 Å². The van der Waals surface area contributed by atoms with Gasteiger partial charge in [0.1, 0.15) is 0 Å². The average molecular weight is 412 g/mol. The second-order valence-electron chi connectivity index (χ2n) is 7.16. The lowest BCUT2D eigenvalue weighted by Gasteiger charge is -2.24. The summed E-state index contributed by atoms with van der Waals surface area (Å²) in [5.41, 5.74) is 0.538. The first-order chi connectivity index (χ1) is 13.4. The fourth-order valence-corrected chi connectivity index (χ4v) is 3.74. The fourth-order valence-electron chi connectivity index (χ4n) is 3.39. The quantitative estimate of drug-likeness (QED) is 0.324. The Bertz CT molecular complexity index is 711. The molecule has 0 saturated carbocycles. The second-order valence-corrected chi connectivity index (χ2v) is 7.63. The van der Waals surface area contributed by atoms with Crippen LogP contribution >= 0.6 is 12.2 Å². The lowest BCUT2D eigenvalue weighted by Crippen LogP contribution is -2.32. The van der Waals surface area contributed by atoms with E-state index in [9.17, 15) is 18.7 Å². The SMILES string of the molecule is O=C(O)CCCCCCN1C(=S)CC[C@@H]1/C=C/[C@@H](O)Cc1ccc(F)c(F)c1. The Balaban J connectivity index is 1.79. The molecule has 0 aromatic heterocycles. The van der Waals surface area contributed by atoms with Crippen LogP contribution in [0.25, 0.3) is 0 Å². The van der Waals surface area contributed by atoms with Crippen molar-refractivity contribution in [1.82, 2.24) is 4.90 Å². The third kappa shape index (κ3) is 7.28. The number of halogens is 2. The second kappa shape index (κ2) is 11.2. The van der Waals surface area contributed by atoms with Gasteiger partial charge in [-0.05, 0) is 37.0 Å². The summed E-state index contributed by atoms with van der Waals surface area (Å²) in [4.78, 5) is 13.6. The van der Waals surface area contributed by atoms with E-state index in [1.165, 1.54) is 6.07 Å². The predicted octanol–water partition coefficient (Wildman–Crippen LogP) is 4.25. The van der Waals surface area contributed by atoms with E-state index < -0.39 is 23.7 Å². The molecule has 1 aromatic carbocycles. The van der Waals surface area contributed by atoms with Crippen molar-refractivity contribution in [3.63, 3.8) is 0 Å². The highest BCUT2D eigenvalue weighted by molar-refractivity contribution is 7.80. The zero-order valence-corrected chi connectivity index (χ0v) is 16.6. The van der Waals surface area contributed by atoms with E-state index in [1.807, 2.05) is 6.08 Å². The normalized spacial score (nSPS) is 18.2. The summed E-state index contributed by atoms with van der Waals surface area (Å²) in [7, 11) is 0. The summed E-state index contributed by atoms with van der Waals surface area (Å²) in [5, 5.41) is 18.8. The molecule has 0 radical (unpaired) electrons. The summed E-state index contributed by atoms with van der Waals surface area (Å²) in [5.74, 6) is -2.57. The van der Waals surface area contributed by atoms with Gasteiger partial charge < -0.3 is 15.1 Å². The molecule has 0 spiro atoms. The maximum atomic E-state index is 13.3. The molecule has 1 heterocycles. The van der Waals surface area contributed by atoms with E-state index in [-0.39, 0.29) is 18.9 Å². The van der Waals surface area contributed by atoms with Gasteiger partial charge in [-0.25, -0.2) is 8.78 Å². The van der Waals surface area contributed by atoms with E-state index in [4.69, 9.17) is 17.3 Å². The van der Waals surface area contributed by atoms with Gasteiger partial charge in [0, 0.05) is 31.8 Å². The summed E-state index contributed by atoms with van der Waals surface area (Å²) in [6, 6.07) is 3.77. The number of rotatable bonds is 11. The molecule has 2 rings (SSSR count). The van der Waals surface area contributed by atoms with E-state index in [0.717, 1.165) is 55.8 Å². The van der Waals surface area contributed by atoms with E-state index in [1.54, 1.807) is 6.08 Å². The topological polar surface area (TPSA) is 60.8 Å². The Hall–Kier alpha value is -1.86. The highest BCUT2D eigenvalue weighted by Gasteiger charge is 2.25. The minimum Gasteiger partial charge on any atom is -0.481 e. The van der Waals surface area contributed by atoms with Crippen LogP contribution in [-0.4, -0.2) is 44.8 Å². The predicted molar refractivity (Wildman–Crippen MR) is 108 cm³/mol. The maximum absolute atomic E-state index is 13.3. The van der Waals surface area contributed by atoms with Crippen molar-refractivity contribution in [3.8, 4) is 0 Å². The van der Waals surface area contributed by atoms with Crippen LogP contribution < -0.4 is 0 Å². The molecule has 1 aliphatic rings. The lowest BCUT2D eigenvalue weighted by molar-refractivity contribution is -0.137. The van der Waals surface area contributed by atoms with Crippen LogP contribution in [0.2, 0.25) is 0 Å². The number of carbonyl (C=O) groups is 1. The average Bonchev–Trinajstić information content (AvgIpc) is 2.99. The molecule has 2 N–H and O–H groups in total. The third-order valence-electron chi connectivity index (χ3n) is 4.90. The van der Waals surface area contributed by atoms with Crippen molar-refractivity contribution in [1.29, 1.82) is 0 Å². The van der Waals surface area contributed by atoms with Crippen molar-refractivity contribution in [3.05, 3.63) is 47.5 Å². The standard InChI is InChI=1S/C21H27F2NO3S/c22-18-10-6-15(14-19(18)23)13-17(25)9-7-16-8-11-20(28)24(16)12-4-2-1-3-5-21(26)27/h6-7,9-10,14,16-17,25H,1-5,8,11-13H2,(H,26,27)/b9-7+/t16-,17+/m0/s1. The third-order valence-corrected chi connectivity index (χ3v) is 5.34. The molecule has 7 heteroatoms. The molecule has 2 atom stereocenters. The minimum absolute atomic E-state index is 0.131. The van der Waals surface area contributed by atoms with Gasteiger partial charge >= 0.3 is 5.97 Å². The molecule has 1 aliphatic heterocycles. The van der Waals surface area contributed by atoms with Gasteiger partial charge in [0.2, 0.25) is 0 Å². The van der Waals surface area contributed by atoms with Gasteiger partial charge in [0.25, 0.3) is 0 Å². The van der Waals surface area contributed by atoms with Crippen molar-refractivity contribution in [2.24, 2.45) is 0 Å². The molecule has 1 saturated heterocycles. The largest absolute Gasteiger partial charge is 0.481 e. The van der Waals surface area contributed by atoms with Crippen LogP contribution in [0.3, 0.4) is 0 Å². The number of carboxylic acid groups (broad SMARTS) is 1. The molecule has 0 unspecified atom stereocenters. The van der Waals surface area contributed by atoms with Crippen LogP contribution in [-0.2, 0) is 11.2 Å². The Morgan fingerprint density at radius 3 is 2.71 bits per heavy atom. The molecule has 0 amide bonds. The van der Waals surface area contributed by atoms with Crippen molar-refractivity contribution < 1.29 is 23.8 Å². The molecule has 0 aliphatic carbocycles. The monoisotopic (exact) mass is 411 g/mol. The molecule has 1 fully saturated rings. The Labute approximate surface area is 169 Å². The van der Waals surface area contributed by atoms with Crippen LogP contribution in [0.4, 0.5) is 8.78 Å². The summed E-state index contributed by atoms with van der Waals surface area (Å²) < 4.78 is 26.2. The van der Waals surface area contributed by atoms with E-state index in [0.29, 0.717) is 12.0 Å². The highest BCUT2D eigenvalue weighted by Crippen LogP contribution is 2.22. The van der Waals surface area contributed by atoms with Gasteiger partial charge in [0.05, 0.1) is 11.1 Å². The number of nitrogens with zero attached hydrogens (tertiary/aromatic N) is 1. The first-order valence-corrected chi connectivity index (χ1v) is 10.1. The number of unbranched alkanes of at least 4 members (excludes halogenated alkanes) is 3. The molecule has 4 nitrogen and oxygen atoms in total. The molecule has 154 valence electrons. The van der Waals surface area contributed by atoms with Gasteiger partial charge in [-0.15, -0.1) is 0 Å². The number of thiocarbonyl (C=S) groups is 1. The molecule has 28 heavy (non-hydrogen) atoms. The Morgan fingerprint density at radius 2 is 2.00 bits per heavy atom. The Morgan fingerprint density at radius 1 is 1.25 bits per heavy atom. The molecule has 1 aromatic rings. The number of likely N-dealkylation sites (tertiary alicyclic amines) is 1. The van der Waals surface area contributed by atoms with Gasteiger partial charge in [0.15, 0.2) is 11.6 Å². The first-order valence-electron chi connectivity index (χ1n) is 9.68. The van der Waals surface area contributed by atoms with Gasteiger partial charge in [-0.2, -0.15) is 0 Å². The van der Waals surface area contributed by atoms with Crippen molar-refractivity contribution in [2.45, 2.75) is 63.5 Å². The first kappa shape index (κ1) is 22.4. The number of aliphatic hydroxyl groups is 1. The van der Waals surface area contributed by atoms with Gasteiger partial charge in [-0.3, -0.25) is 4.79 Å². The number of hydrogen-bond acceptors (Lipinski definition) is 3. The molecular formula is C21H27F2NO3S. The summed E-state index contributed by atoms with van der Waals surface area (Å²) >= 11 is 5.44. The maximum Gasteiger partial charge on any atom is 0.303 e. The molecular weight excluding hydrogens is 384 g/mol. The zero-order chi connectivity index (χ0) is 20.5. The van der Waals surface area contributed by atoms with E-state index in [2.05, 4.69) is 4.90 Å². The molecule has 0 bridgehead atoms.